The SMILES string of the molecule is CCc1nccc(CN2C[C@H]3CN(S(=O)(=O)CC)C[C@@]3(C(=O)O)C2)n1. The van der Waals surface area contributed by atoms with E-state index in [0.717, 1.165) is 17.9 Å². The first-order chi connectivity index (χ1) is 11.8. The van der Waals surface area contributed by atoms with Crippen LogP contribution in [0.5, 0.6) is 0 Å². The number of aryl methyl sites for hydroxylation is 1. The normalized spacial score (nSPS) is 27.5. The van der Waals surface area contributed by atoms with Crippen LogP contribution in [0.25, 0.3) is 0 Å². The minimum atomic E-state index is -3.37. The van der Waals surface area contributed by atoms with Gasteiger partial charge in [0.1, 0.15) is 5.82 Å². The fourth-order valence-electron chi connectivity index (χ4n) is 3.87. The third-order valence-corrected chi connectivity index (χ3v) is 7.09. The summed E-state index contributed by atoms with van der Waals surface area (Å²) in [6, 6.07) is 1.84. The lowest BCUT2D eigenvalue weighted by molar-refractivity contribution is -0.148. The van der Waals surface area contributed by atoms with E-state index < -0.39 is 21.4 Å². The first kappa shape index (κ1) is 18.2. The Morgan fingerprint density at radius 3 is 2.72 bits per heavy atom. The van der Waals surface area contributed by atoms with Crippen LogP contribution in [0.1, 0.15) is 25.4 Å². The molecule has 1 N–H and O–H groups in total. The third-order valence-electron chi connectivity index (χ3n) is 5.30. The van der Waals surface area contributed by atoms with E-state index in [1.807, 2.05) is 13.0 Å². The van der Waals surface area contributed by atoms with E-state index in [4.69, 9.17) is 0 Å². The molecule has 0 bridgehead atoms. The summed E-state index contributed by atoms with van der Waals surface area (Å²) in [6.45, 7) is 5.38. The maximum absolute atomic E-state index is 12.1. The number of hydrogen-bond donors (Lipinski definition) is 1. The molecule has 0 aromatic carbocycles. The minimum absolute atomic E-state index is 0.000136. The molecular weight excluding hydrogens is 344 g/mol. The number of aliphatic carboxylic acids is 1. The summed E-state index contributed by atoms with van der Waals surface area (Å²) >= 11 is 0. The highest BCUT2D eigenvalue weighted by Crippen LogP contribution is 2.44. The number of carbonyl (C=O) groups is 1. The average molecular weight is 368 g/mol. The predicted octanol–water partition coefficient (Wildman–Crippen LogP) is 0.207. The zero-order chi connectivity index (χ0) is 18.2. The van der Waals surface area contributed by atoms with E-state index >= 15 is 0 Å². The van der Waals surface area contributed by atoms with E-state index in [1.165, 1.54) is 4.31 Å². The van der Waals surface area contributed by atoms with E-state index in [2.05, 4.69) is 14.9 Å². The van der Waals surface area contributed by atoms with Crippen LogP contribution in [0.4, 0.5) is 0 Å². The average Bonchev–Trinajstić information content (AvgIpc) is 3.10. The van der Waals surface area contributed by atoms with Crippen molar-refractivity contribution in [3.8, 4) is 0 Å². The Kier molecular flexibility index (Phi) is 4.82. The molecule has 2 aliphatic heterocycles. The van der Waals surface area contributed by atoms with Crippen LogP contribution < -0.4 is 0 Å². The van der Waals surface area contributed by atoms with Crippen LogP contribution >= 0.6 is 0 Å². The highest BCUT2D eigenvalue weighted by Gasteiger charge is 2.59. The molecule has 0 saturated carbocycles. The molecule has 1 aromatic heterocycles. The lowest BCUT2D eigenvalue weighted by Crippen LogP contribution is -2.42. The second-order valence-electron chi connectivity index (χ2n) is 6.84. The van der Waals surface area contributed by atoms with Crippen molar-refractivity contribution < 1.29 is 18.3 Å². The molecule has 0 spiro atoms. The molecule has 0 radical (unpaired) electrons. The van der Waals surface area contributed by atoms with Crippen LogP contribution in [0.2, 0.25) is 0 Å². The summed E-state index contributed by atoms with van der Waals surface area (Å²) in [7, 11) is -3.37. The summed E-state index contributed by atoms with van der Waals surface area (Å²) in [5, 5.41) is 9.82. The molecule has 2 fully saturated rings. The molecule has 1 aromatic rings. The first-order valence-corrected chi connectivity index (χ1v) is 10.2. The van der Waals surface area contributed by atoms with Crippen molar-refractivity contribution in [2.24, 2.45) is 11.3 Å². The molecule has 0 unspecified atom stereocenters. The number of carboxylic acid groups (broad SMARTS) is 1. The Bertz CT molecular complexity index is 769. The van der Waals surface area contributed by atoms with Gasteiger partial charge in [-0.15, -0.1) is 0 Å². The summed E-state index contributed by atoms with van der Waals surface area (Å²) in [6.07, 6.45) is 2.47. The number of sulfonamides is 1. The molecule has 2 atom stereocenters. The molecule has 25 heavy (non-hydrogen) atoms. The predicted molar refractivity (Wildman–Crippen MR) is 91.3 cm³/mol. The number of hydrogen-bond acceptors (Lipinski definition) is 6. The van der Waals surface area contributed by atoms with Crippen molar-refractivity contribution in [3.63, 3.8) is 0 Å². The van der Waals surface area contributed by atoms with Crippen LogP contribution in [-0.4, -0.2) is 70.6 Å². The molecular formula is C16H24N4O4S. The second kappa shape index (κ2) is 6.62. The van der Waals surface area contributed by atoms with E-state index in [0.29, 0.717) is 19.6 Å². The number of fused-ring (bicyclic) bond motifs is 1. The van der Waals surface area contributed by atoms with Gasteiger partial charge >= 0.3 is 5.97 Å². The zero-order valence-corrected chi connectivity index (χ0v) is 15.4. The Hall–Kier alpha value is -1.58. The monoisotopic (exact) mass is 368 g/mol. The molecule has 138 valence electrons. The third kappa shape index (κ3) is 3.28. The van der Waals surface area contributed by atoms with Gasteiger partial charge in [0.2, 0.25) is 10.0 Å². The largest absolute Gasteiger partial charge is 0.481 e. The van der Waals surface area contributed by atoms with Gasteiger partial charge in [-0.1, -0.05) is 6.92 Å². The summed E-state index contributed by atoms with van der Waals surface area (Å²) < 4.78 is 25.6. The molecule has 9 heteroatoms. The van der Waals surface area contributed by atoms with Gasteiger partial charge in [0.15, 0.2) is 0 Å². The number of rotatable bonds is 6. The lowest BCUT2D eigenvalue weighted by Gasteiger charge is -2.25. The Morgan fingerprint density at radius 2 is 2.12 bits per heavy atom. The molecule has 3 heterocycles. The van der Waals surface area contributed by atoms with Gasteiger partial charge in [-0.05, 0) is 13.0 Å². The quantitative estimate of drug-likeness (QED) is 0.765. The van der Waals surface area contributed by atoms with Gasteiger partial charge in [-0.3, -0.25) is 9.69 Å². The fourth-order valence-corrected chi connectivity index (χ4v) is 5.07. The van der Waals surface area contributed by atoms with Crippen molar-refractivity contribution in [1.29, 1.82) is 0 Å². The summed E-state index contributed by atoms with van der Waals surface area (Å²) in [5.74, 6) is -0.338. The van der Waals surface area contributed by atoms with E-state index in [-0.39, 0.29) is 24.8 Å². The molecule has 3 rings (SSSR count). The topological polar surface area (TPSA) is 104 Å². The standard InChI is InChI=1S/C16H24N4O4S/c1-3-14-17-6-5-13(18-14)9-19-7-12-8-20(25(23,24)4-2)11-16(12,10-19)15(21)22/h5-6,12H,3-4,7-11H2,1-2H3,(H,21,22)/t12-,16-/m0/s1. The Labute approximate surface area is 147 Å². The van der Waals surface area contributed by atoms with Gasteiger partial charge in [-0.25, -0.2) is 22.7 Å². The number of nitrogens with zero attached hydrogens (tertiary/aromatic N) is 4. The molecule has 0 amide bonds. The highest BCUT2D eigenvalue weighted by atomic mass is 32.2. The highest BCUT2D eigenvalue weighted by molar-refractivity contribution is 7.89. The first-order valence-electron chi connectivity index (χ1n) is 8.55. The van der Waals surface area contributed by atoms with Gasteiger partial charge in [0.25, 0.3) is 0 Å². The van der Waals surface area contributed by atoms with Crippen LogP contribution in [0.3, 0.4) is 0 Å². The van der Waals surface area contributed by atoms with Crippen molar-refractivity contribution in [3.05, 3.63) is 23.8 Å². The van der Waals surface area contributed by atoms with E-state index in [1.54, 1.807) is 13.1 Å². The number of aromatic nitrogens is 2. The minimum Gasteiger partial charge on any atom is -0.481 e. The maximum Gasteiger partial charge on any atom is 0.312 e. The van der Waals surface area contributed by atoms with Gasteiger partial charge in [-0.2, -0.15) is 0 Å². The van der Waals surface area contributed by atoms with Crippen LogP contribution in [-0.2, 0) is 27.8 Å². The lowest BCUT2D eigenvalue weighted by atomic mass is 9.81. The van der Waals surface area contributed by atoms with Crippen molar-refractivity contribution in [2.75, 3.05) is 31.9 Å². The molecule has 8 nitrogen and oxygen atoms in total. The van der Waals surface area contributed by atoms with Crippen molar-refractivity contribution in [1.82, 2.24) is 19.2 Å². The maximum atomic E-state index is 12.1. The van der Waals surface area contributed by atoms with E-state index in [9.17, 15) is 18.3 Å². The van der Waals surface area contributed by atoms with Crippen molar-refractivity contribution in [2.45, 2.75) is 26.8 Å². The summed E-state index contributed by atoms with van der Waals surface area (Å²) in [4.78, 5) is 22.7. The van der Waals surface area contributed by atoms with Gasteiger partial charge in [0, 0.05) is 51.3 Å². The van der Waals surface area contributed by atoms with Gasteiger partial charge in [0.05, 0.1) is 16.9 Å². The number of carboxylic acids is 1. The smallest absolute Gasteiger partial charge is 0.312 e. The fraction of sp³-hybridized carbons (Fsp3) is 0.688. The Balaban J connectivity index is 1.77. The van der Waals surface area contributed by atoms with Gasteiger partial charge < -0.3 is 5.11 Å². The Morgan fingerprint density at radius 1 is 1.36 bits per heavy atom. The number of likely N-dealkylation sites (tertiary alicyclic amines) is 1. The summed E-state index contributed by atoms with van der Waals surface area (Å²) in [5.41, 5.74) is -0.159. The molecule has 0 aliphatic carbocycles. The zero-order valence-electron chi connectivity index (χ0n) is 14.6. The van der Waals surface area contributed by atoms with Crippen LogP contribution in [0, 0.1) is 11.3 Å². The van der Waals surface area contributed by atoms with Crippen LogP contribution in [0.15, 0.2) is 12.3 Å². The second-order valence-corrected chi connectivity index (χ2v) is 9.10. The molecule has 2 saturated heterocycles. The molecule has 2 aliphatic rings. The van der Waals surface area contributed by atoms with Crippen molar-refractivity contribution >= 4 is 16.0 Å².